The summed E-state index contributed by atoms with van der Waals surface area (Å²) in [7, 11) is 1.65. The molecule has 0 spiro atoms. The molecule has 1 N–H and O–H groups in total. The van der Waals surface area contributed by atoms with Gasteiger partial charge in [-0.05, 0) is 53.7 Å². The van der Waals surface area contributed by atoms with Crippen molar-refractivity contribution in [3.05, 3.63) is 88.7 Å². The standard InChI is InChI=1S/C21H20BrN3OS/c1-26-20-6-2-5-19(12-20)24-21(27)25(15-17-4-3-11-23-13-17)14-16-7-9-18(22)10-8-16/h2-13H,14-15H2,1H3,(H,24,27). The molecule has 0 aliphatic rings. The third-order valence-corrected chi connectivity index (χ3v) is 4.88. The number of methoxy groups -OCH3 is 1. The summed E-state index contributed by atoms with van der Waals surface area (Å²) in [6.45, 7) is 1.36. The Balaban J connectivity index is 1.78. The van der Waals surface area contributed by atoms with Gasteiger partial charge in [-0.2, -0.15) is 0 Å². The van der Waals surface area contributed by atoms with Crippen LogP contribution >= 0.6 is 28.1 Å². The van der Waals surface area contributed by atoms with E-state index in [-0.39, 0.29) is 0 Å². The fourth-order valence-corrected chi connectivity index (χ4v) is 3.14. The van der Waals surface area contributed by atoms with E-state index in [0.29, 0.717) is 18.2 Å². The number of hydrogen-bond acceptors (Lipinski definition) is 3. The van der Waals surface area contributed by atoms with Crippen LogP contribution in [0.5, 0.6) is 5.75 Å². The van der Waals surface area contributed by atoms with Gasteiger partial charge in [-0.25, -0.2) is 0 Å². The predicted octanol–water partition coefficient (Wildman–Crippen LogP) is 5.25. The highest BCUT2D eigenvalue weighted by Crippen LogP contribution is 2.19. The molecule has 4 nitrogen and oxygen atoms in total. The number of nitrogens with one attached hydrogen (secondary N) is 1. The SMILES string of the molecule is COc1cccc(NC(=S)N(Cc2ccc(Br)cc2)Cc2cccnc2)c1. The fourth-order valence-electron chi connectivity index (χ4n) is 2.63. The Morgan fingerprint density at radius 1 is 1.07 bits per heavy atom. The molecule has 138 valence electrons. The minimum Gasteiger partial charge on any atom is -0.497 e. The number of pyridine rings is 1. The number of rotatable bonds is 6. The van der Waals surface area contributed by atoms with Crippen molar-refractivity contribution in [2.24, 2.45) is 0 Å². The van der Waals surface area contributed by atoms with Crippen molar-refractivity contribution in [2.45, 2.75) is 13.1 Å². The van der Waals surface area contributed by atoms with Crippen molar-refractivity contribution in [3.8, 4) is 5.75 Å². The van der Waals surface area contributed by atoms with Crippen LogP contribution in [0.4, 0.5) is 5.69 Å². The molecule has 27 heavy (non-hydrogen) atoms. The fraction of sp³-hybridized carbons (Fsp3) is 0.143. The molecule has 0 unspecified atom stereocenters. The zero-order valence-electron chi connectivity index (χ0n) is 14.9. The van der Waals surface area contributed by atoms with Gasteiger partial charge in [-0.1, -0.05) is 40.2 Å². The topological polar surface area (TPSA) is 37.4 Å². The second-order valence-corrected chi connectivity index (χ2v) is 7.31. The Labute approximate surface area is 173 Å². The van der Waals surface area contributed by atoms with E-state index in [9.17, 15) is 0 Å². The molecule has 6 heteroatoms. The van der Waals surface area contributed by atoms with E-state index in [1.807, 2.05) is 48.7 Å². The van der Waals surface area contributed by atoms with Crippen molar-refractivity contribution in [1.29, 1.82) is 0 Å². The number of thiocarbonyl (C=S) groups is 1. The average molecular weight is 442 g/mol. The van der Waals surface area contributed by atoms with Crippen LogP contribution in [0.2, 0.25) is 0 Å². The molecule has 0 aliphatic carbocycles. The van der Waals surface area contributed by atoms with Gasteiger partial charge in [0.2, 0.25) is 0 Å². The smallest absolute Gasteiger partial charge is 0.174 e. The highest BCUT2D eigenvalue weighted by molar-refractivity contribution is 9.10. The van der Waals surface area contributed by atoms with Crippen molar-refractivity contribution in [1.82, 2.24) is 9.88 Å². The molecule has 2 aromatic carbocycles. The zero-order valence-corrected chi connectivity index (χ0v) is 17.3. The van der Waals surface area contributed by atoms with E-state index in [4.69, 9.17) is 17.0 Å². The van der Waals surface area contributed by atoms with Crippen LogP contribution in [0, 0.1) is 0 Å². The van der Waals surface area contributed by atoms with E-state index >= 15 is 0 Å². The van der Waals surface area contributed by atoms with Crippen molar-refractivity contribution in [2.75, 3.05) is 12.4 Å². The number of nitrogens with zero attached hydrogens (tertiary/aromatic N) is 2. The molecule has 0 bridgehead atoms. The quantitative estimate of drug-likeness (QED) is 0.528. The third kappa shape index (κ3) is 5.77. The lowest BCUT2D eigenvalue weighted by Crippen LogP contribution is -2.33. The molecule has 0 saturated heterocycles. The zero-order chi connectivity index (χ0) is 19.1. The Morgan fingerprint density at radius 3 is 2.56 bits per heavy atom. The van der Waals surface area contributed by atoms with Gasteiger partial charge in [0.05, 0.1) is 7.11 Å². The first-order chi connectivity index (χ1) is 13.1. The molecule has 0 atom stereocenters. The van der Waals surface area contributed by atoms with E-state index in [1.165, 1.54) is 5.56 Å². The number of ether oxygens (including phenoxy) is 1. The van der Waals surface area contributed by atoms with Crippen LogP contribution in [0.25, 0.3) is 0 Å². The summed E-state index contributed by atoms with van der Waals surface area (Å²) >= 11 is 9.19. The summed E-state index contributed by atoms with van der Waals surface area (Å²) in [6, 6.07) is 20.0. The second kappa shape index (κ2) is 9.48. The molecule has 0 amide bonds. The van der Waals surface area contributed by atoms with Crippen LogP contribution in [0.15, 0.2) is 77.5 Å². The van der Waals surface area contributed by atoms with Gasteiger partial charge in [-0.15, -0.1) is 0 Å². The lowest BCUT2D eigenvalue weighted by molar-refractivity contribution is 0.411. The largest absolute Gasteiger partial charge is 0.497 e. The second-order valence-electron chi connectivity index (χ2n) is 6.01. The molecule has 3 rings (SSSR count). The van der Waals surface area contributed by atoms with E-state index < -0.39 is 0 Å². The number of benzene rings is 2. The molecular formula is C21H20BrN3OS. The minimum atomic E-state index is 0.648. The van der Waals surface area contributed by atoms with Gasteiger partial charge >= 0.3 is 0 Å². The van der Waals surface area contributed by atoms with E-state index in [2.05, 4.69) is 49.3 Å². The van der Waals surface area contributed by atoms with Gasteiger partial charge in [0.15, 0.2) is 5.11 Å². The number of anilines is 1. The van der Waals surface area contributed by atoms with Crippen LogP contribution in [-0.2, 0) is 13.1 Å². The highest BCUT2D eigenvalue weighted by atomic mass is 79.9. The van der Waals surface area contributed by atoms with Crippen LogP contribution in [0.3, 0.4) is 0 Å². The molecule has 1 aromatic heterocycles. The molecule has 0 radical (unpaired) electrons. The number of hydrogen-bond donors (Lipinski definition) is 1. The van der Waals surface area contributed by atoms with Gasteiger partial charge < -0.3 is 15.0 Å². The Morgan fingerprint density at radius 2 is 1.85 bits per heavy atom. The van der Waals surface area contributed by atoms with E-state index in [0.717, 1.165) is 21.5 Å². The van der Waals surface area contributed by atoms with Gasteiger partial charge in [0.1, 0.15) is 5.75 Å². The summed E-state index contributed by atoms with van der Waals surface area (Å²) in [6.07, 6.45) is 3.64. The highest BCUT2D eigenvalue weighted by Gasteiger charge is 2.12. The molecule has 3 aromatic rings. The van der Waals surface area contributed by atoms with Crippen LogP contribution in [-0.4, -0.2) is 22.1 Å². The lowest BCUT2D eigenvalue weighted by atomic mass is 10.2. The maximum Gasteiger partial charge on any atom is 0.174 e. The normalized spacial score (nSPS) is 10.3. The Hall–Kier alpha value is -2.44. The number of aromatic nitrogens is 1. The Bertz CT molecular complexity index is 887. The Kier molecular flexibility index (Phi) is 6.79. The summed E-state index contributed by atoms with van der Waals surface area (Å²) in [5.41, 5.74) is 3.17. The van der Waals surface area contributed by atoms with Gasteiger partial charge in [0.25, 0.3) is 0 Å². The molecule has 1 heterocycles. The summed E-state index contributed by atoms with van der Waals surface area (Å²) in [5.74, 6) is 0.787. The van der Waals surface area contributed by atoms with Crippen molar-refractivity contribution < 1.29 is 4.74 Å². The van der Waals surface area contributed by atoms with E-state index in [1.54, 1.807) is 13.3 Å². The summed E-state index contributed by atoms with van der Waals surface area (Å²) < 4.78 is 6.35. The number of halogens is 1. The molecular weight excluding hydrogens is 422 g/mol. The maximum absolute atomic E-state index is 5.71. The first-order valence-corrected chi connectivity index (χ1v) is 9.67. The third-order valence-electron chi connectivity index (χ3n) is 3.99. The first kappa shape index (κ1) is 19.3. The predicted molar refractivity (Wildman–Crippen MR) is 117 cm³/mol. The average Bonchev–Trinajstić information content (AvgIpc) is 2.70. The molecule has 0 fully saturated rings. The summed E-state index contributed by atoms with van der Waals surface area (Å²) in [4.78, 5) is 6.33. The van der Waals surface area contributed by atoms with Crippen LogP contribution < -0.4 is 10.1 Å². The molecule has 0 aliphatic heterocycles. The minimum absolute atomic E-state index is 0.648. The summed E-state index contributed by atoms with van der Waals surface area (Å²) in [5, 5.41) is 3.96. The molecule has 0 saturated carbocycles. The monoisotopic (exact) mass is 441 g/mol. The van der Waals surface area contributed by atoms with Gasteiger partial charge in [-0.3, -0.25) is 4.98 Å². The van der Waals surface area contributed by atoms with Gasteiger partial charge in [0, 0.05) is 41.7 Å². The van der Waals surface area contributed by atoms with Crippen LogP contribution in [0.1, 0.15) is 11.1 Å². The van der Waals surface area contributed by atoms with Crippen molar-refractivity contribution in [3.63, 3.8) is 0 Å². The lowest BCUT2D eigenvalue weighted by Gasteiger charge is -2.26. The first-order valence-electron chi connectivity index (χ1n) is 8.47. The maximum atomic E-state index is 5.71. The van der Waals surface area contributed by atoms with Crippen molar-refractivity contribution >= 4 is 38.9 Å².